The zero-order valence-corrected chi connectivity index (χ0v) is 9.55. The van der Waals surface area contributed by atoms with Gasteiger partial charge in [0.15, 0.2) is 0 Å². The zero-order chi connectivity index (χ0) is 9.26. The molecular formula is C10H15BrN2. The molecule has 0 spiro atoms. The van der Waals surface area contributed by atoms with Gasteiger partial charge < -0.3 is 0 Å². The van der Waals surface area contributed by atoms with E-state index in [0.717, 1.165) is 17.8 Å². The molecule has 0 atom stereocenters. The van der Waals surface area contributed by atoms with E-state index in [1.54, 1.807) is 0 Å². The van der Waals surface area contributed by atoms with E-state index in [1.807, 2.05) is 6.20 Å². The molecule has 1 aliphatic rings. The van der Waals surface area contributed by atoms with Gasteiger partial charge in [-0.15, -0.1) is 0 Å². The fourth-order valence-corrected chi connectivity index (χ4v) is 2.19. The van der Waals surface area contributed by atoms with Crippen molar-refractivity contribution in [1.82, 2.24) is 9.78 Å². The standard InChI is InChI=1S/C10H15BrN2/c1-2-5-13-10(8-3-4-8)9(6-11)7-12-13/h7-8H,2-6H2,1H3. The molecule has 1 aliphatic carbocycles. The Hall–Kier alpha value is -0.310. The third-order valence-corrected chi connectivity index (χ3v) is 3.11. The quantitative estimate of drug-likeness (QED) is 0.743. The van der Waals surface area contributed by atoms with Crippen LogP contribution in [-0.4, -0.2) is 9.78 Å². The summed E-state index contributed by atoms with van der Waals surface area (Å²) in [5, 5.41) is 5.37. The highest BCUT2D eigenvalue weighted by Gasteiger charge is 2.29. The molecule has 0 aliphatic heterocycles. The van der Waals surface area contributed by atoms with Crippen LogP contribution in [0.1, 0.15) is 43.4 Å². The lowest BCUT2D eigenvalue weighted by atomic mass is 10.2. The number of hydrogen-bond donors (Lipinski definition) is 0. The Morgan fingerprint density at radius 3 is 2.92 bits per heavy atom. The van der Waals surface area contributed by atoms with E-state index in [1.165, 1.54) is 30.5 Å². The van der Waals surface area contributed by atoms with Crippen molar-refractivity contribution in [1.29, 1.82) is 0 Å². The number of aromatic nitrogens is 2. The molecule has 0 unspecified atom stereocenters. The van der Waals surface area contributed by atoms with Gasteiger partial charge in [-0.3, -0.25) is 4.68 Å². The molecule has 13 heavy (non-hydrogen) atoms. The van der Waals surface area contributed by atoms with Gasteiger partial charge in [0.05, 0.1) is 6.20 Å². The molecule has 0 bridgehead atoms. The maximum atomic E-state index is 4.42. The summed E-state index contributed by atoms with van der Waals surface area (Å²) in [4.78, 5) is 0. The van der Waals surface area contributed by atoms with Crippen molar-refractivity contribution in [2.24, 2.45) is 0 Å². The SMILES string of the molecule is CCCn1ncc(CBr)c1C1CC1. The zero-order valence-electron chi connectivity index (χ0n) is 7.96. The minimum absolute atomic E-state index is 0.807. The van der Waals surface area contributed by atoms with E-state index in [0.29, 0.717) is 0 Å². The minimum atomic E-state index is 0.807. The van der Waals surface area contributed by atoms with Crippen molar-refractivity contribution in [3.05, 3.63) is 17.5 Å². The average molecular weight is 243 g/mol. The van der Waals surface area contributed by atoms with Crippen LogP contribution in [0.15, 0.2) is 6.20 Å². The molecule has 0 saturated heterocycles. The number of hydrogen-bond acceptors (Lipinski definition) is 1. The fourth-order valence-electron chi connectivity index (χ4n) is 1.76. The first kappa shape index (κ1) is 9.25. The van der Waals surface area contributed by atoms with Crippen LogP contribution >= 0.6 is 15.9 Å². The summed E-state index contributed by atoms with van der Waals surface area (Å²) in [5.41, 5.74) is 2.87. The van der Waals surface area contributed by atoms with Crippen LogP contribution in [0.2, 0.25) is 0 Å². The van der Waals surface area contributed by atoms with Crippen molar-refractivity contribution in [2.45, 2.75) is 44.0 Å². The van der Waals surface area contributed by atoms with Gasteiger partial charge in [0.1, 0.15) is 0 Å². The van der Waals surface area contributed by atoms with Gasteiger partial charge in [0.25, 0.3) is 0 Å². The Morgan fingerprint density at radius 1 is 1.62 bits per heavy atom. The number of rotatable bonds is 4. The Bertz CT molecular complexity index is 289. The van der Waals surface area contributed by atoms with Crippen LogP contribution in [0.3, 0.4) is 0 Å². The third kappa shape index (κ3) is 1.80. The summed E-state index contributed by atoms with van der Waals surface area (Å²) in [7, 11) is 0. The molecule has 0 radical (unpaired) electrons. The van der Waals surface area contributed by atoms with Crippen molar-refractivity contribution < 1.29 is 0 Å². The second kappa shape index (κ2) is 3.82. The van der Waals surface area contributed by atoms with Crippen LogP contribution in [0.5, 0.6) is 0 Å². The van der Waals surface area contributed by atoms with Crippen molar-refractivity contribution in [2.75, 3.05) is 0 Å². The maximum absolute atomic E-state index is 4.42. The highest BCUT2D eigenvalue weighted by Crippen LogP contribution is 2.42. The molecule has 0 amide bonds. The van der Waals surface area contributed by atoms with E-state index in [4.69, 9.17) is 0 Å². The molecule has 1 aromatic rings. The van der Waals surface area contributed by atoms with E-state index in [2.05, 4.69) is 32.6 Å². The van der Waals surface area contributed by atoms with Crippen LogP contribution in [0.25, 0.3) is 0 Å². The van der Waals surface area contributed by atoms with Crippen LogP contribution < -0.4 is 0 Å². The first-order chi connectivity index (χ1) is 6.36. The molecule has 2 rings (SSSR count). The number of alkyl halides is 1. The maximum Gasteiger partial charge on any atom is 0.0533 e. The lowest BCUT2D eigenvalue weighted by Gasteiger charge is -2.05. The van der Waals surface area contributed by atoms with Gasteiger partial charge in [-0.1, -0.05) is 22.9 Å². The summed E-state index contributed by atoms with van der Waals surface area (Å²) in [6, 6.07) is 0. The van der Waals surface area contributed by atoms with Crippen molar-refractivity contribution >= 4 is 15.9 Å². The molecule has 3 heteroatoms. The van der Waals surface area contributed by atoms with Gasteiger partial charge in [-0.2, -0.15) is 5.10 Å². The van der Waals surface area contributed by atoms with Crippen molar-refractivity contribution in [3.8, 4) is 0 Å². The van der Waals surface area contributed by atoms with Crippen LogP contribution in [-0.2, 0) is 11.9 Å². The van der Waals surface area contributed by atoms with Crippen LogP contribution in [0, 0.1) is 0 Å². The first-order valence-corrected chi connectivity index (χ1v) is 6.09. The Kier molecular flexibility index (Phi) is 2.72. The van der Waals surface area contributed by atoms with E-state index >= 15 is 0 Å². The topological polar surface area (TPSA) is 17.8 Å². The highest BCUT2D eigenvalue weighted by atomic mass is 79.9. The largest absolute Gasteiger partial charge is 0.269 e. The van der Waals surface area contributed by atoms with Gasteiger partial charge in [-0.25, -0.2) is 0 Å². The third-order valence-electron chi connectivity index (χ3n) is 2.50. The summed E-state index contributed by atoms with van der Waals surface area (Å²) in [6.07, 6.45) is 5.89. The Labute approximate surface area is 87.5 Å². The fraction of sp³-hybridized carbons (Fsp3) is 0.700. The van der Waals surface area contributed by atoms with Crippen LogP contribution in [0.4, 0.5) is 0 Å². The summed E-state index contributed by atoms with van der Waals surface area (Å²) in [6.45, 7) is 3.27. The smallest absolute Gasteiger partial charge is 0.0533 e. The molecule has 2 nitrogen and oxygen atoms in total. The van der Waals surface area contributed by atoms with E-state index in [-0.39, 0.29) is 0 Å². The summed E-state index contributed by atoms with van der Waals surface area (Å²) >= 11 is 3.52. The molecule has 72 valence electrons. The number of halogens is 1. The number of nitrogens with zero attached hydrogens (tertiary/aromatic N) is 2. The van der Waals surface area contributed by atoms with E-state index in [9.17, 15) is 0 Å². The van der Waals surface area contributed by atoms with Gasteiger partial charge in [-0.05, 0) is 19.3 Å². The minimum Gasteiger partial charge on any atom is -0.269 e. The predicted octanol–water partition coefficient (Wildman–Crippen LogP) is 3.07. The summed E-state index contributed by atoms with van der Waals surface area (Å²) < 4.78 is 2.19. The lowest BCUT2D eigenvalue weighted by molar-refractivity contribution is 0.574. The molecule has 0 aromatic carbocycles. The Balaban J connectivity index is 2.27. The van der Waals surface area contributed by atoms with Gasteiger partial charge in [0.2, 0.25) is 0 Å². The molecule has 0 N–H and O–H groups in total. The Morgan fingerprint density at radius 2 is 2.38 bits per heavy atom. The highest BCUT2D eigenvalue weighted by molar-refractivity contribution is 9.08. The van der Waals surface area contributed by atoms with E-state index < -0.39 is 0 Å². The van der Waals surface area contributed by atoms with Gasteiger partial charge >= 0.3 is 0 Å². The number of aryl methyl sites for hydroxylation is 1. The monoisotopic (exact) mass is 242 g/mol. The summed E-state index contributed by atoms with van der Waals surface area (Å²) in [5.74, 6) is 0.807. The molecule has 1 saturated carbocycles. The molecule has 1 heterocycles. The molecular weight excluding hydrogens is 228 g/mol. The second-order valence-corrected chi connectivity index (χ2v) is 4.25. The molecule has 1 fully saturated rings. The predicted molar refractivity (Wildman–Crippen MR) is 57.1 cm³/mol. The second-order valence-electron chi connectivity index (χ2n) is 3.69. The first-order valence-electron chi connectivity index (χ1n) is 4.97. The normalized spacial score (nSPS) is 16.5. The average Bonchev–Trinajstić information content (AvgIpc) is 2.89. The van der Waals surface area contributed by atoms with Crippen molar-refractivity contribution in [3.63, 3.8) is 0 Å². The molecule has 1 aromatic heterocycles. The lowest BCUT2D eigenvalue weighted by Crippen LogP contribution is -2.04. The van der Waals surface area contributed by atoms with Gasteiger partial charge in [0, 0.05) is 29.1 Å².